The van der Waals surface area contributed by atoms with Crippen molar-refractivity contribution >= 4 is 27.4 Å². The highest BCUT2D eigenvalue weighted by atomic mass is 32.2. The van der Waals surface area contributed by atoms with E-state index in [0.29, 0.717) is 5.69 Å². The molecule has 1 aliphatic heterocycles. The van der Waals surface area contributed by atoms with Gasteiger partial charge < -0.3 is 9.64 Å². The predicted molar refractivity (Wildman–Crippen MR) is 106 cm³/mol. The summed E-state index contributed by atoms with van der Waals surface area (Å²) in [4.78, 5) is 26.3. The van der Waals surface area contributed by atoms with Crippen LogP contribution in [-0.2, 0) is 30.6 Å². The third kappa shape index (κ3) is 4.86. The molecule has 146 valence electrons. The van der Waals surface area contributed by atoms with Crippen LogP contribution in [0.5, 0.6) is 0 Å². The van der Waals surface area contributed by atoms with E-state index in [1.165, 1.54) is 11.0 Å². The van der Waals surface area contributed by atoms with Gasteiger partial charge in [0.2, 0.25) is 0 Å². The van der Waals surface area contributed by atoms with E-state index in [-0.39, 0.29) is 12.2 Å². The molecule has 28 heavy (non-hydrogen) atoms. The van der Waals surface area contributed by atoms with Crippen LogP contribution in [0.4, 0.5) is 5.69 Å². The van der Waals surface area contributed by atoms with Crippen molar-refractivity contribution in [2.45, 2.75) is 19.4 Å². The van der Waals surface area contributed by atoms with Gasteiger partial charge in [-0.1, -0.05) is 42.5 Å². The molecule has 1 amide bonds. The fourth-order valence-electron chi connectivity index (χ4n) is 3.06. The number of carbonyl (C=O) groups is 2. The smallest absolute Gasteiger partial charge is 0.310 e. The highest BCUT2D eigenvalue weighted by molar-refractivity contribution is 7.94. The Morgan fingerprint density at radius 2 is 1.75 bits per heavy atom. The van der Waals surface area contributed by atoms with E-state index in [2.05, 4.69) is 0 Å². The molecular formula is C21H21NO5S. The van der Waals surface area contributed by atoms with E-state index in [1.807, 2.05) is 31.2 Å². The molecule has 6 nitrogen and oxygen atoms in total. The number of hydrogen-bond donors (Lipinski definition) is 0. The van der Waals surface area contributed by atoms with Crippen LogP contribution in [0.1, 0.15) is 11.1 Å². The second-order valence-electron chi connectivity index (χ2n) is 6.59. The molecular weight excluding hydrogens is 378 g/mol. The van der Waals surface area contributed by atoms with Crippen LogP contribution in [0.2, 0.25) is 0 Å². The minimum atomic E-state index is -3.34. The molecule has 3 rings (SSSR count). The fraction of sp³-hybridized carbons (Fsp3) is 0.238. The van der Waals surface area contributed by atoms with Gasteiger partial charge >= 0.3 is 5.97 Å². The Labute approximate surface area is 164 Å². The maximum absolute atomic E-state index is 12.8. The quantitative estimate of drug-likeness (QED) is 0.697. The molecule has 1 unspecified atom stereocenters. The molecule has 1 atom stereocenters. The lowest BCUT2D eigenvalue weighted by molar-refractivity contribution is -0.147. The largest absolute Gasteiger partial charge is 0.455 e. The van der Waals surface area contributed by atoms with Crippen molar-refractivity contribution in [1.29, 1.82) is 0 Å². The van der Waals surface area contributed by atoms with Crippen LogP contribution in [0.25, 0.3) is 0 Å². The first-order valence-electron chi connectivity index (χ1n) is 8.84. The highest BCUT2D eigenvalue weighted by Gasteiger charge is 2.31. The Hall–Kier alpha value is -2.93. The third-order valence-electron chi connectivity index (χ3n) is 4.50. The molecule has 0 spiro atoms. The number of sulfone groups is 1. The minimum absolute atomic E-state index is 0.0724. The van der Waals surface area contributed by atoms with Crippen molar-refractivity contribution in [3.8, 4) is 0 Å². The predicted octanol–water partition coefficient (Wildman–Crippen LogP) is 2.42. The Morgan fingerprint density at radius 3 is 2.39 bits per heavy atom. The number of hydrogen-bond acceptors (Lipinski definition) is 5. The van der Waals surface area contributed by atoms with Crippen LogP contribution in [-0.4, -0.2) is 38.7 Å². The highest BCUT2D eigenvalue weighted by Crippen LogP contribution is 2.23. The average molecular weight is 399 g/mol. The summed E-state index contributed by atoms with van der Waals surface area (Å²) in [7, 11) is -3.34. The van der Waals surface area contributed by atoms with E-state index in [9.17, 15) is 18.0 Å². The lowest BCUT2D eigenvalue weighted by atomic mass is 10.1. The van der Waals surface area contributed by atoms with Gasteiger partial charge in [-0.15, -0.1) is 0 Å². The molecule has 0 fully saturated rings. The van der Waals surface area contributed by atoms with Gasteiger partial charge in [0.05, 0.1) is 18.2 Å². The minimum Gasteiger partial charge on any atom is -0.455 e. The number of carbonyl (C=O) groups excluding carboxylic acids is 2. The molecule has 0 aromatic heterocycles. The maximum Gasteiger partial charge on any atom is 0.310 e. The Kier molecular flexibility index (Phi) is 5.94. The standard InChI is InChI=1S/C21H21NO5S/c1-16-7-5-6-8-17(16)13-21(24)27-14-20(23)22(18-9-3-2-4-10-18)19-11-12-28(25,26)15-19/h2-12,19H,13-15H2,1H3. The van der Waals surface area contributed by atoms with Crippen LogP contribution in [0, 0.1) is 6.92 Å². The average Bonchev–Trinajstić information content (AvgIpc) is 3.02. The summed E-state index contributed by atoms with van der Waals surface area (Å²) in [5.41, 5.74) is 2.36. The Bertz CT molecular complexity index is 998. The number of benzene rings is 2. The lowest BCUT2D eigenvalue weighted by Crippen LogP contribution is -2.43. The monoisotopic (exact) mass is 399 g/mol. The number of para-hydroxylation sites is 1. The van der Waals surface area contributed by atoms with Crippen molar-refractivity contribution in [3.05, 3.63) is 77.2 Å². The first-order chi connectivity index (χ1) is 13.4. The van der Waals surface area contributed by atoms with Crippen molar-refractivity contribution in [1.82, 2.24) is 0 Å². The summed E-state index contributed by atoms with van der Waals surface area (Å²) in [6, 6.07) is 15.6. The summed E-state index contributed by atoms with van der Waals surface area (Å²) in [5, 5.41) is 1.12. The Morgan fingerprint density at radius 1 is 1.07 bits per heavy atom. The van der Waals surface area contributed by atoms with Gasteiger partial charge in [-0.3, -0.25) is 9.59 Å². The third-order valence-corrected chi connectivity index (χ3v) is 5.88. The molecule has 7 heteroatoms. The van der Waals surface area contributed by atoms with Gasteiger partial charge in [-0.25, -0.2) is 8.42 Å². The zero-order chi connectivity index (χ0) is 20.1. The van der Waals surface area contributed by atoms with Gasteiger partial charge in [-0.2, -0.15) is 0 Å². The van der Waals surface area contributed by atoms with Gasteiger partial charge in [0.15, 0.2) is 16.4 Å². The van der Waals surface area contributed by atoms with Gasteiger partial charge in [0, 0.05) is 11.1 Å². The fourth-order valence-corrected chi connectivity index (χ4v) is 4.32. The number of rotatable bonds is 6. The van der Waals surface area contributed by atoms with E-state index < -0.39 is 34.4 Å². The molecule has 2 aromatic rings. The summed E-state index contributed by atoms with van der Waals surface area (Å²) in [6.45, 7) is 1.45. The number of aryl methyl sites for hydroxylation is 1. The Balaban J connectivity index is 1.69. The van der Waals surface area contributed by atoms with E-state index in [0.717, 1.165) is 16.5 Å². The van der Waals surface area contributed by atoms with E-state index >= 15 is 0 Å². The zero-order valence-electron chi connectivity index (χ0n) is 15.4. The van der Waals surface area contributed by atoms with Crippen molar-refractivity contribution in [3.63, 3.8) is 0 Å². The summed E-state index contributed by atoms with van der Waals surface area (Å²) in [6.07, 6.45) is 1.55. The second-order valence-corrected chi connectivity index (χ2v) is 8.52. The van der Waals surface area contributed by atoms with Crippen LogP contribution >= 0.6 is 0 Å². The van der Waals surface area contributed by atoms with Crippen LogP contribution in [0.15, 0.2) is 66.1 Å². The summed E-state index contributed by atoms with van der Waals surface area (Å²) in [5.74, 6) is -1.17. The molecule has 0 bridgehead atoms. The van der Waals surface area contributed by atoms with Crippen LogP contribution < -0.4 is 4.90 Å². The molecule has 0 aliphatic carbocycles. The molecule has 1 aliphatic rings. The summed E-state index contributed by atoms with van der Waals surface area (Å²) < 4.78 is 28.8. The number of ether oxygens (including phenoxy) is 1. The SMILES string of the molecule is Cc1ccccc1CC(=O)OCC(=O)N(c1ccccc1)C1C=CS(=O)(=O)C1. The van der Waals surface area contributed by atoms with Crippen molar-refractivity contribution < 1.29 is 22.7 Å². The number of nitrogens with zero attached hydrogens (tertiary/aromatic N) is 1. The lowest BCUT2D eigenvalue weighted by Gasteiger charge is -2.27. The summed E-state index contributed by atoms with van der Waals surface area (Å²) >= 11 is 0. The second kappa shape index (κ2) is 8.39. The van der Waals surface area contributed by atoms with Gasteiger partial charge in [0.1, 0.15) is 0 Å². The number of amides is 1. The number of esters is 1. The zero-order valence-corrected chi connectivity index (χ0v) is 16.3. The van der Waals surface area contributed by atoms with E-state index in [4.69, 9.17) is 4.74 Å². The molecule has 0 saturated carbocycles. The van der Waals surface area contributed by atoms with Crippen molar-refractivity contribution in [2.75, 3.05) is 17.3 Å². The van der Waals surface area contributed by atoms with Gasteiger partial charge in [-0.05, 0) is 36.3 Å². The molecule has 0 saturated heterocycles. The van der Waals surface area contributed by atoms with Crippen LogP contribution in [0.3, 0.4) is 0 Å². The normalized spacial score (nSPS) is 17.2. The molecule has 0 radical (unpaired) electrons. The maximum atomic E-state index is 12.8. The van der Waals surface area contributed by atoms with Crippen molar-refractivity contribution in [2.24, 2.45) is 0 Å². The molecule has 1 heterocycles. The first kappa shape index (κ1) is 19.8. The van der Waals surface area contributed by atoms with E-state index in [1.54, 1.807) is 30.3 Å². The molecule has 2 aromatic carbocycles. The number of anilines is 1. The first-order valence-corrected chi connectivity index (χ1v) is 10.6. The van der Waals surface area contributed by atoms with Gasteiger partial charge in [0.25, 0.3) is 5.91 Å². The topological polar surface area (TPSA) is 80.8 Å². The molecule has 0 N–H and O–H groups in total.